The van der Waals surface area contributed by atoms with E-state index in [2.05, 4.69) is 4.98 Å². The molecule has 1 unspecified atom stereocenters. The molecule has 1 aromatic heterocycles. The molecule has 4 rings (SSSR count). The number of pyridine rings is 1. The summed E-state index contributed by atoms with van der Waals surface area (Å²) < 4.78 is 69.2. The summed E-state index contributed by atoms with van der Waals surface area (Å²) in [7, 11) is 0. The van der Waals surface area contributed by atoms with Crippen LogP contribution in [0.4, 0.5) is 27.6 Å². The number of aliphatic hydroxyl groups is 1. The van der Waals surface area contributed by atoms with Crippen molar-refractivity contribution in [1.29, 1.82) is 0 Å². The van der Waals surface area contributed by atoms with Crippen LogP contribution in [-0.2, 0) is 12.1 Å². The largest absolute Gasteiger partial charge is 0.483 e. The average Bonchev–Trinajstić information content (AvgIpc) is 3.14. The summed E-state index contributed by atoms with van der Waals surface area (Å²) in [4.78, 5) is 18.8. The van der Waals surface area contributed by atoms with E-state index in [4.69, 9.17) is 4.74 Å². The van der Waals surface area contributed by atoms with Crippen LogP contribution in [0, 0.1) is 0 Å². The second-order valence-corrected chi connectivity index (χ2v) is 7.97. The third-order valence-electron chi connectivity index (χ3n) is 5.57. The smallest absolute Gasteiger partial charge is 0.422 e. The summed E-state index contributed by atoms with van der Waals surface area (Å²) in [6.07, 6.45) is -6.13. The Hall–Kier alpha value is -3.53. The molecule has 0 saturated heterocycles. The Morgan fingerprint density at radius 2 is 1.74 bits per heavy atom. The Kier molecular flexibility index (Phi) is 6.03. The number of fused-ring (bicyclic) bond motifs is 1. The first kappa shape index (κ1) is 23.6. The van der Waals surface area contributed by atoms with Crippen molar-refractivity contribution in [1.82, 2.24) is 4.98 Å². The molecule has 0 saturated carbocycles. The molecule has 3 aromatic rings. The Labute approximate surface area is 191 Å². The van der Waals surface area contributed by atoms with Crippen molar-refractivity contribution in [2.24, 2.45) is 0 Å². The number of ether oxygens (including phenoxy) is 1. The lowest BCUT2D eigenvalue weighted by molar-refractivity contribution is -0.153. The first-order chi connectivity index (χ1) is 16.0. The molecule has 2 aromatic carbocycles. The molecule has 1 atom stereocenters. The summed E-state index contributed by atoms with van der Waals surface area (Å²) in [5.41, 5.74) is -0.507. The van der Waals surface area contributed by atoms with Gasteiger partial charge in [-0.3, -0.25) is 9.78 Å². The minimum absolute atomic E-state index is 0.00601. The maximum atomic E-state index is 13.1. The van der Waals surface area contributed by atoms with Crippen molar-refractivity contribution < 1.29 is 36.6 Å². The van der Waals surface area contributed by atoms with Gasteiger partial charge >= 0.3 is 6.18 Å². The molecule has 0 fully saturated rings. The average molecular weight is 478 g/mol. The van der Waals surface area contributed by atoms with E-state index in [0.717, 1.165) is 6.92 Å². The zero-order chi connectivity index (χ0) is 24.7. The molecule has 178 valence electrons. The number of rotatable bonds is 6. The highest BCUT2D eigenvalue weighted by Crippen LogP contribution is 2.38. The number of carbonyl (C=O) groups is 1. The number of amides is 1. The van der Waals surface area contributed by atoms with Crippen molar-refractivity contribution >= 4 is 11.6 Å². The van der Waals surface area contributed by atoms with Crippen molar-refractivity contribution in [3.8, 4) is 17.0 Å². The maximum Gasteiger partial charge on any atom is 0.422 e. The standard InChI is InChI=1S/C24H19F5N2O3/c1-23(33,22(25)26)14-6-8-15(9-7-14)31-12-18-16(21(31)32)10-11-30-20(18)17-4-2-3-5-19(17)34-13-24(27,28)29/h2-11,22,33H,12-13H2,1H3. The van der Waals surface area contributed by atoms with Gasteiger partial charge in [0.1, 0.15) is 11.4 Å². The van der Waals surface area contributed by atoms with Crippen LogP contribution in [0.1, 0.15) is 28.4 Å². The van der Waals surface area contributed by atoms with Gasteiger partial charge in [0.15, 0.2) is 6.61 Å². The number of para-hydroxylation sites is 1. The number of carbonyl (C=O) groups excluding carboxylic acids is 1. The predicted molar refractivity (Wildman–Crippen MR) is 114 cm³/mol. The number of hydrogen-bond acceptors (Lipinski definition) is 4. The van der Waals surface area contributed by atoms with Gasteiger partial charge < -0.3 is 14.7 Å². The maximum absolute atomic E-state index is 13.1. The molecule has 1 N–H and O–H groups in total. The van der Waals surface area contributed by atoms with E-state index in [1.807, 2.05) is 0 Å². The van der Waals surface area contributed by atoms with Crippen LogP contribution in [0.25, 0.3) is 11.3 Å². The highest BCUT2D eigenvalue weighted by atomic mass is 19.4. The van der Waals surface area contributed by atoms with Crippen LogP contribution in [0.2, 0.25) is 0 Å². The van der Waals surface area contributed by atoms with E-state index in [-0.39, 0.29) is 23.8 Å². The third-order valence-corrected chi connectivity index (χ3v) is 5.57. The fourth-order valence-electron chi connectivity index (χ4n) is 3.72. The van der Waals surface area contributed by atoms with Crippen LogP contribution >= 0.6 is 0 Å². The number of aromatic nitrogens is 1. The van der Waals surface area contributed by atoms with Gasteiger partial charge in [-0.15, -0.1) is 0 Å². The zero-order valence-electron chi connectivity index (χ0n) is 17.8. The van der Waals surface area contributed by atoms with Crippen LogP contribution in [-0.4, -0.2) is 35.2 Å². The van der Waals surface area contributed by atoms with E-state index in [0.29, 0.717) is 28.1 Å². The molecular weight excluding hydrogens is 459 g/mol. The lowest BCUT2D eigenvalue weighted by Gasteiger charge is -2.24. The quantitative estimate of drug-likeness (QED) is 0.487. The SMILES string of the molecule is CC(O)(c1ccc(N2Cc3c(ccnc3-c3ccccc3OCC(F)(F)F)C2=O)cc1)C(F)F. The molecule has 0 spiro atoms. The minimum Gasteiger partial charge on any atom is -0.483 e. The van der Waals surface area contributed by atoms with Gasteiger partial charge in [-0.2, -0.15) is 13.2 Å². The Morgan fingerprint density at radius 3 is 2.38 bits per heavy atom. The fourth-order valence-corrected chi connectivity index (χ4v) is 3.72. The molecule has 0 bridgehead atoms. The van der Waals surface area contributed by atoms with Crippen molar-refractivity contribution in [3.63, 3.8) is 0 Å². The van der Waals surface area contributed by atoms with Gasteiger partial charge in [-0.05, 0) is 42.8 Å². The van der Waals surface area contributed by atoms with Crippen LogP contribution in [0.5, 0.6) is 5.75 Å². The molecule has 1 amide bonds. The topological polar surface area (TPSA) is 62.7 Å². The minimum atomic E-state index is -4.52. The lowest BCUT2D eigenvalue weighted by Crippen LogP contribution is -2.30. The van der Waals surface area contributed by atoms with Gasteiger partial charge in [-0.1, -0.05) is 24.3 Å². The van der Waals surface area contributed by atoms with Gasteiger partial charge in [0.05, 0.1) is 12.2 Å². The van der Waals surface area contributed by atoms with Crippen LogP contribution in [0.3, 0.4) is 0 Å². The summed E-state index contributed by atoms with van der Waals surface area (Å²) >= 11 is 0. The number of alkyl halides is 5. The first-order valence-electron chi connectivity index (χ1n) is 10.2. The summed E-state index contributed by atoms with van der Waals surface area (Å²) in [5.74, 6) is -0.397. The number of halogens is 5. The number of nitrogens with zero attached hydrogens (tertiary/aromatic N) is 2. The second kappa shape index (κ2) is 8.68. The number of benzene rings is 2. The predicted octanol–water partition coefficient (Wildman–Crippen LogP) is 5.32. The van der Waals surface area contributed by atoms with Gasteiger partial charge in [0.25, 0.3) is 12.3 Å². The molecule has 34 heavy (non-hydrogen) atoms. The van der Waals surface area contributed by atoms with Crippen molar-refractivity contribution in [2.75, 3.05) is 11.5 Å². The number of anilines is 1. The molecule has 2 heterocycles. The van der Waals surface area contributed by atoms with E-state index in [1.54, 1.807) is 12.1 Å². The van der Waals surface area contributed by atoms with Crippen molar-refractivity contribution in [3.05, 3.63) is 77.5 Å². The van der Waals surface area contributed by atoms with E-state index < -0.39 is 24.8 Å². The molecule has 1 aliphatic heterocycles. The monoisotopic (exact) mass is 478 g/mol. The zero-order valence-corrected chi connectivity index (χ0v) is 17.8. The molecular formula is C24H19F5N2O3. The van der Waals surface area contributed by atoms with Crippen LogP contribution < -0.4 is 9.64 Å². The summed E-state index contributed by atoms with van der Waals surface area (Å²) in [6, 6.07) is 13.1. The second-order valence-electron chi connectivity index (χ2n) is 7.97. The first-order valence-corrected chi connectivity index (χ1v) is 10.2. The van der Waals surface area contributed by atoms with Gasteiger partial charge in [0.2, 0.25) is 0 Å². The molecule has 0 aliphatic carbocycles. The highest BCUT2D eigenvalue weighted by Gasteiger charge is 2.36. The fraction of sp³-hybridized carbons (Fsp3) is 0.250. The Bertz CT molecular complexity index is 1210. The Morgan fingerprint density at radius 1 is 1.06 bits per heavy atom. The molecule has 10 heteroatoms. The van der Waals surface area contributed by atoms with Gasteiger partial charge in [-0.25, -0.2) is 8.78 Å². The molecule has 5 nitrogen and oxygen atoms in total. The third kappa shape index (κ3) is 4.45. The van der Waals surface area contributed by atoms with Crippen molar-refractivity contribution in [2.45, 2.75) is 31.7 Å². The highest BCUT2D eigenvalue weighted by molar-refractivity contribution is 6.11. The molecule has 1 aliphatic rings. The lowest BCUT2D eigenvalue weighted by atomic mass is 9.96. The normalized spacial score (nSPS) is 15.4. The molecule has 0 radical (unpaired) electrons. The Balaban J connectivity index is 1.66. The summed E-state index contributed by atoms with van der Waals surface area (Å²) in [5, 5.41) is 9.97. The van der Waals surface area contributed by atoms with E-state index >= 15 is 0 Å². The number of hydrogen-bond donors (Lipinski definition) is 1. The van der Waals surface area contributed by atoms with Crippen LogP contribution in [0.15, 0.2) is 60.8 Å². The summed E-state index contributed by atoms with van der Waals surface area (Å²) in [6.45, 7) is -0.409. The van der Waals surface area contributed by atoms with E-state index in [9.17, 15) is 31.9 Å². The van der Waals surface area contributed by atoms with Gasteiger partial charge in [0, 0.05) is 28.6 Å². The van der Waals surface area contributed by atoms with E-state index in [1.165, 1.54) is 53.6 Å².